The molecule has 0 heterocycles. The first-order chi connectivity index (χ1) is 8.30. The molecule has 0 aliphatic carbocycles. The predicted molar refractivity (Wildman–Crippen MR) is 66.7 cm³/mol. The van der Waals surface area contributed by atoms with E-state index in [4.69, 9.17) is 18.1 Å². The maximum absolute atomic E-state index is 12.4. The first-order valence-corrected chi connectivity index (χ1v) is 8.19. The maximum atomic E-state index is 12.4. The molecule has 0 aromatic heterocycles. The Morgan fingerprint density at radius 1 is 1.00 bits per heavy atom. The van der Waals surface area contributed by atoms with E-state index in [1.165, 1.54) is 0 Å². The Hall–Kier alpha value is 0.220. The molecular formula is C8H21NO7P2. The van der Waals surface area contributed by atoms with Gasteiger partial charge in [0.15, 0.2) is 0 Å². The monoisotopic (exact) mass is 305 g/mol. The molecule has 0 saturated heterocycles. The molecule has 0 aromatic rings. The number of rotatable bonds is 9. The molecule has 0 unspecified atom stereocenters. The van der Waals surface area contributed by atoms with E-state index < -0.39 is 20.3 Å². The van der Waals surface area contributed by atoms with E-state index in [-0.39, 0.29) is 13.0 Å². The van der Waals surface area contributed by atoms with Crippen LogP contribution in [0.4, 0.5) is 0 Å². The van der Waals surface area contributed by atoms with E-state index in [0.717, 1.165) is 28.4 Å². The summed E-state index contributed by atoms with van der Waals surface area (Å²) in [5.74, 6) is 0. The molecule has 0 spiro atoms. The van der Waals surface area contributed by atoms with E-state index in [0.29, 0.717) is 0 Å². The van der Waals surface area contributed by atoms with E-state index >= 15 is 0 Å². The summed E-state index contributed by atoms with van der Waals surface area (Å²) < 4.78 is 43.7. The summed E-state index contributed by atoms with van der Waals surface area (Å²) in [5, 5.41) is 10.9. The van der Waals surface area contributed by atoms with Crippen LogP contribution in [0.3, 0.4) is 0 Å². The van der Waals surface area contributed by atoms with Gasteiger partial charge in [-0.15, -0.1) is 0 Å². The van der Waals surface area contributed by atoms with Gasteiger partial charge in [-0.3, -0.25) is 9.13 Å². The van der Waals surface area contributed by atoms with Crippen LogP contribution in [-0.4, -0.2) is 52.2 Å². The van der Waals surface area contributed by atoms with Crippen LogP contribution in [0, 0.1) is 0 Å². The molecule has 0 saturated carbocycles. The highest BCUT2D eigenvalue weighted by molar-refractivity contribution is 7.73. The van der Waals surface area contributed by atoms with Crippen molar-refractivity contribution in [2.45, 2.75) is 11.5 Å². The average molecular weight is 305 g/mol. The number of hydrogen-bond acceptors (Lipinski definition) is 8. The minimum Gasteiger partial charge on any atom is -0.367 e. The zero-order valence-corrected chi connectivity index (χ0v) is 13.0. The molecule has 0 rings (SSSR count). The third-order valence-corrected chi connectivity index (χ3v) is 8.14. The molecule has 0 amide bonds. The van der Waals surface area contributed by atoms with Gasteiger partial charge in [-0.1, -0.05) is 0 Å². The maximum Gasteiger partial charge on any atom is 0.374 e. The predicted octanol–water partition coefficient (Wildman–Crippen LogP) is 1.21. The van der Waals surface area contributed by atoms with Crippen molar-refractivity contribution in [3.63, 3.8) is 0 Å². The van der Waals surface area contributed by atoms with Gasteiger partial charge >= 0.3 is 15.2 Å². The largest absolute Gasteiger partial charge is 0.374 e. The molecule has 0 aliphatic heterocycles. The fourth-order valence-electron chi connectivity index (χ4n) is 1.45. The van der Waals surface area contributed by atoms with Crippen molar-refractivity contribution in [3.8, 4) is 0 Å². The Morgan fingerprint density at radius 3 is 1.56 bits per heavy atom. The van der Waals surface area contributed by atoms with Gasteiger partial charge in [0.25, 0.3) is 5.08 Å². The van der Waals surface area contributed by atoms with Gasteiger partial charge in [-0.05, 0) is 13.6 Å². The van der Waals surface area contributed by atoms with Gasteiger partial charge in [-0.25, -0.2) is 0 Å². The third-order valence-electron chi connectivity index (χ3n) is 2.55. The highest BCUT2D eigenvalue weighted by atomic mass is 31.2. The zero-order valence-electron chi connectivity index (χ0n) is 11.2. The lowest BCUT2D eigenvalue weighted by Gasteiger charge is -2.36. The SMILES string of the molecule is CNCCC(O)(P(=O)(OC)OC)P(=O)(OC)OC. The lowest BCUT2D eigenvalue weighted by molar-refractivity contribution is 0.0975. The summed E-state index contributed by atoms with van der Waals surface area (Å²) in [6.45, 7) is 0.212. The summed E-state index contributed by atoms with van der Waals surface area (Å²) >= 11 is 0. The summed E-state index contributed by atoms with van der Waals surface area (Å²) in [6.07, 6.45) is -0.193. The third kappa shape index (κ3) is 3.03. The molecule has 0 radical (unpaired) electrons. The topological polar surface area (TPSA) is 103 Å². The second-order valence-electron chi connectivity index (χ2n) is 3.35. The zero-order chi connectivity index (χ0) is 14.4. The van der Waals surface area contributed by atoms with Gasteiger partial charge in [0, 0.05) is 34.9 Å². The Bertz CT molecular complexity index is 306. The van der Waals surface area contributed by atoms with Crippen LogP contribution in [-0.2, 0) is 27.2 Å². The molecule has 10 heteroatoms. The normalized spacial score (nSPS) is 13.9. The van der Waals surface area contributed by atoms with Crippen LogP contribution in [0.5, 0.6) is 0 Å². The lowest BCUT2D eigenvalue weighted by Crippen LogP contribution is -2.34. The number of aliphatic hydroxyl groups is 1. The highest BCUT2D eigenvalue weighted by Gasteiger charge is 2.63. The Morgan fingerprint density at radius 2 is 1.33 bits per heavy atom. The van der Waals surface area contributed by atoms with Crippen LogP contribution >= 0.6 is 15.2 Å². The summed E-state index contributed by atoms with van der Waals surface area (Å²) in [7, 11) is -2.20. The highest BCUT2D eigenvalue weighted by Crippen LogP contribution is 2.76. The van der Waals surface area contributed by atoms with Crippen LogP contribution in [0.2, 0.25) is 0 Å². The lowest BCUT2D eigenvalue weighted by atomic mass is 10.4. The van der Waals surface area contributed by atoms with Gasteiger partial charge < -0.3 is 28.5 Å². The number of nitrogens with one attached hydrogen (secondary N) is 1. The van der Waals surface area contributed by atoms with Crippen molar-refractivity contribution in [3.05, 3.63) is 0 Å². The molecule has 18 heavy (non-hydrogen) atoms. The van der Waals surface area contributed by atoms with Gasteiger partial charge in [0.2, 0.25) is 0 Å². The molecule has 0 aliphatic rings. The van der Waals surface area contributed by atoms with Crippen molar-refractivity contribution < 1.29 is 32.3 Å². The Kier molecular flexibility index (Phi) is 7.21. The second-order valence-corrected chi connectivity index (χ2v) is 8.64. The molecule has 0 fully saturated rings. The van der Waals surface area contributed by atoms with E-state index in [9.17, 15) is 14.2 Å². The van der Waals surface area contributed by atoms with E-state index in [1.807, 2.05) is 0 Å². The minimum atomic E-state index is -4.09. The van der Waals surface area contributed by atoms with E-state index in [2.05, 4.69) is 5.32 Å². The molecule has 2 N–H and O–H groups in total. The fraction of sp³-hybridized carbons (Fsp3) is 1.00. The number of hydrogen-bond donors (Lipinski definition) is 2. The standard InChI is InChI=1S/C8H21NO7P2/c1-9-7-6-8(10,17(11,13-2)14-3)18(12,15-4)16-5/h9-10H,6-7H2,1-5H3. The molecule has 0 atom stereocenters. The van der Waals surface area contributed by atoms with Crippen molar-refractivity contribution in [2.24, 2.45) is 0 Å². The van der Waals surface area contributed by atoms with Crippen LogP contribution in [0.25, 0.3) is 0 Å². The molecular weight excluding hydrogens is 284 g/mol. The Balaban J connectivity index is 5.71. The van der Waals surface area contributed by atoms with Gasteiger partial charge in [0.1, 0.15) is 0 Å². The average Bonchev–Trinajstić information content (AvgIpc) is 2.42. The first-order valence-electron chi connectivity index (χ1n) is 5.11. The molecule has 0 bridgehead atoms. The smallest absolute Gasteiger partial charge is 0.367 e. The van der Waals surface area contributed by atoms with Crippen molar-refractivity contribution in [1.29, 1.82) is 0 Å². The minimum absolute atomic E-state index is 0.193. The van der Waals surface area contributed by atoms with Crippen LogP contribution in [0.15, 0.2) is 0 Å². The molecule has 8 nitrogen and oxygen atoms in total. The summed E-state index contributed by atoms with van der Waals surface area (Å²) in [6, 6.07) is 0. The molecule has 110 valence electrons. The van der Waals surface area contributed by atoms with Crippen LogP contribution < -0.4 is 5.32 Å². The van der Waals surface area contributed by atoms with E-state index in [1.54, 1.807) is 7.05 Å². The van der Waals surface area contributed by atoms with Crippen molar-refractivity contribution >= 4 is 15.2 Å². The quantitative estimate of drug-likeness (QED) is 0.613. The van der Waals surface area contributed by atoms with Crippen molar-refractivity contribution in [2.75, 3.05) is 42.0 Å². The fourth-order valence-corrected chi connectivity index (χ4v) is 5.87. The Labute approximate surface area is 107 Å². The summed E-state index contributed by atoms with van der Waals surface area (Å²) in [4.78, 5) is 0. The van der Waals surface area contributed by atoms with Gasteiger partial charge in [-0.2, -0.15) is 0 Å². The van der Waals surface area contributed by atoms with Gasteiger partial charge in [0.05, 0.1) is 0 Å². The van der Waals surface area contributed by atoms with Crippen LogP contribution in [0.1, 0.15) is 6.42 Å². The first kappa shape index (κ1) is 18.2. The second kappa shape index (κ2) is 7.12. The summed E-state index contributed by atoms with van der Waals surface area (Å²) in [5.41, 5.74) is 0. The molecule has 0 aromatic carbocycles. The van der Waals surface area contributed by atoms with Crippen molar-refractivity contribution in [1.82, 2.24) is 5.32 Å².